The van der Waals surface area contributed by atoms with Gasteiger partial charge in [0.05, 0.1) is 5.39 Å². The van der Waals surface area contributed by atoms with Gasteiger partial charge in [0, 0.05) is 0 Å². The molecule has 1 heterocycles. The summed E-state index contributed by atoms with van der Waals surface area (Å²) in [6.07, 6.45) is 0. The van der Waals surface area contributed by atoms with Crippen molar-refractivity contribution in [2.24, 2.45) is 0 Å². The Morgan fingerprint density at radius 2 is 1.93 bits per heavy atom. The monoisotopic (exact) mass is 185 g/mol. The lowest BCUT2D eigenvalue weighted by Crippen LogP contribution is -1.96. The van der Waals surface area contributed by atoms with Crippen LogP contribution in [0.1, 0.15) is 0 Å². The molecule has 14 heavy (non-hydrogen) atoms. The van der Waals surface area contributed by atoms with Gasteiger partial charge in [0.25, 0.3) is 5.56 Å². The lowest BCUT2D eigenvalue weighted by Gasteiger charge is -1.95. The van der Waals surface area contributed by atoms with E-state index in [1.54, 1.807) is 6.07 Å². The normalized spacial score (nSPS) is 11.1. The highest BCUT2D eigenvalue weighted by atomic mass is 16.5. The molecule has 0 aliphatic heterocycles. The van der Waals surface area contributed by atoms with Crippen LogP contribution in [-0.4, -0.2) is 5.16 Å². The highest BCUT2D eigenvalue weighted by molar-refractivity contribution is 6.04. The van der Waals surface area contributed by atoms with Crippen molar-refractivity contribution < 1.29 is 4.52 Å². The Bertz CT molecular complexity index is 663. The quantitative estimate of drug-likeness (QED) is 0.584. The van der Waals surface area contributed by atoms with E-state index in [1.165, 1.54) is 0 Å². The van der Waals surface area contributed by atoms with Crippen LogP contribution in [0.15, 0.2) is 45.7 Å². The second-order valence-corrected chi connectivity index (χ2v) is 3.19. The third-order valence-corrected chi connectivity index (χ3v) is 2.37. The standard InChI is InChI=1S/C11H7NO2/c13-11-10-8-4-2-1-3-7(8)5-6-9(10)14-12-11/h1-6H,(H,12,13). The Kier molecular flexibility index (Phi) is 1.31. The van der Waals surface area contributed by atoms with Crippen molar-refractivity contribution in [1.29, 1.82) is 0 Å². The molecule has 0 amide bonds. The van der Waals surface area contributed by atoms with E-state index in [4.69, 9.17) is 4.52 Å². The highest BCUT2D eigenvalue weighted by Crippen LogP contribution is 2.21. The van der Waals surface area contributed by atoms with E-state index in [-0.39, 0.29) is 5.56 Å². The van der Waals surface area contributed by atoms with Crippen molar-refractivity contribution in [2.45, 2.75) is 0 Å². The molecule has 0 saturated heterocycles. The summed E-state index contributed by atoms with van der Waals surface area (Å²) in [5, 5.41) is 4.94. The molecular formula is C11H7NO2. The average Bonchev–Trinajstić information content (AvgIpc) is 2.61. The topological polar surface area (TPSA) is 46.0 Å². The maximum Gasteiger partial charge on any atom is 0.288 e. The van der Waals surface area contributed by atoms with Crippen LogP contribution in [0.2, 0.25) is 0 Å². The minimum absolute atomic E-state index is 0.170. The summed E-state index contributed by atoms with van der Waals surface area (Å²) in [7, 11) is 0. The van der Waals surface area contributed by atoms with Crippen LogP contribution in [0, 0.1) is 0 Å². The third-order valence-electron chi connectivity index (χ3n) is 2.37. The lowest BCUT2D eigenvalue weighted by atomic mass is 10.1. The van der Waals surface area contributed by atoms with Crippen LogP contribution in [0.4, 0.5) is 0 Å². The largest absolute Gasteiger partial charge is 0.378 e. The van der Waals surface area contributed by atoms with E-state index in [9.17, 15) is 4.79 Å². The molecule has 3 heteroatoms. The Balaban J connectivity index is 2.72. The van der Waals surface area contributed by atoms with Crippen LogP contribution in [0.5, 0.6) is 0 Å². The van der Waals surface area contributed by atoms with Crippen molar-refractivity contribution in [3.63, 3.8) is 0 Å². The molecule has 1 N–H and O–H groups in total. The fourth-order valence-corrected chi connectivity index (χ4v) is 1.72. The molecule has 0 saturated carbocycles. The maximum atomic E-state index is 11.4. The smallest absolute Gasteiger partial charge is 0.288 e. The number of hydrogen-bond donors (Lipinski definition) is 1. The van der Waals surface area contributed by atoms with E-state index >= 15 is 0 Å². The van der Waals surface area contributed by atoms with E-state index in [0.717, 1.165) is 10.8 Å². The molecular weight excluding hydrogens is 178 g/mol. The summed E-state index contributed by atoms with van der Waals surface area (Å²) in [6, 6.07) is 11.5. The molecule has 0 spiro atoms. The molecule has 0 radical (unpaired) electrons. The first kappa shape index (κ1) is 7.38. The van der Waals surface area contributed by atoms with Gasteiger partial charge in [-0.15, -0.1) is 0 Å². The van der Waals surface area contributed by atoms with Crippen molar-refractivity contribution in [3.8, 4) is 0 Å². The highest BCUT2D eigenvalue weighted by Gasteiger charge is 2.06. The number of aromatic amines is 1. The van der Waals surface area contributed by atoms with Crippen molar-refractivity contribution in [3.05, 3.63) is 46.8 Å². The van der Waals surface area contributed by atoms with E-state index < -0.39 is 0 Å². The van der Waals surface area contributed by atoms with Gasteiger partial charge in [-0.1, -0.05) is 30.3 Å². The zero-order valence-electron chi connectivity index (χ0n) is 7.28. The lowest BCUT2D eigenvalue weighted by molar-refractivity contribution is 0.449. The molecule has 0 bridgehead atoms. The molecule has 0 unspecified atom stereocenters. The molecule has 3 rings (SSSR count). The number of nitrogens with one attached hydrogen (secondary N) is 1. The molecule has 3 nitrogen and oxygen atoms in total. The minimum Gasteiger partial charge on any atom is -0.378 e. The van der Waals surface area contributed by atoms with Gasteiger partial charge in [0.2, 0.25) is 0 Å². The first-order valence-electron chi connectivity index (χ1n) is 4.35. The van der Waals surface area contributed by atoms with Crippen LogP contribution < -0.4 is 5.56 Å². The predicted molar refractivity (Wildman–Crippen MR) is 54.3 cm³/mol. The first-order chi connectivity index (χ1) is 6.86. The predicted octanol–water partition coefficient (Wildman–Crippen LogP) is 2.27. The number of benzene rings is 2. The summed E-state index contributed by atoms with van der Waals surface area (Å²) in [6.45, 7) is 0. The molecule has 0 aliphatic carbocycles. The Hall–Kier alpha value is -2.03. The molecule has 2 aromatic carbocycles. The van der Waals surface area contributed by atoms with Gasteiger partial charge in [0.1, 0.15) is 0 Å². The summed E-state index contributed by atoms with van der Waals surface area (Å²) in [4.78, 5) is 11.4. The van der Waals surface area contributed by atoms with E-state index in [1.807, 2.05) is 30.3 Å². The van der Waals surface area contributed by atoms with Gasteiger partial charge in [-0.25, -0.2) is 0 Å². The summed E-state index contributed by atoms with van der Waals surface area (Å²) in [5.74, 6) is 0. The zero-order chi connectivity index (χ0) is 9.54. The van der Waals surface area contributed by atoms with Crippen molar-refractivity contribution in [1.82, 2.24) is 5.16 Å². The van der Waals surface area contributed by atoms with Crippen molar-refractivity contribution in [2.75, 3.05) is 0 Å². The van der Waals surface area contributed by atoms with E-state index in [0.29, 0.717) is 11.0 Å². The molecule has 3 aromatic rings. The zero-order valence-corrected chi connectivity index (χ0v) is 7.28. The second kappa shape index (κ2) is 2.48. The SMILES string of the molecule is O=c1[nH]oc2ccc3ccccc3c12. The number of rotatable bonds is 0. The van der Waals surface area contributed by atoms with Gasteiger partial charge in [-0.3, -0.25) is 4.79 Å². The Labute approximate surface area is 78.9 Å². The Morgan fingerprint density at radius 1 is 1.07 bits per heavy atom. The molecule has 0 fully saturated rings. The minimum atomic E-state index is -0.170. The van der Waals surface area contributed by atoms with Crippen molar-refractivity contribution >= 4 is 21.7 Å². The molecule has 68 valence electrons. The summed E-state index contributed by atoms with van der Waals surface area (Å²) >= 11 is 0. The van der Waals surface area contributed by atoms with Crippen LogP contribution in [-0.2, 0) is 0 Å². The number of H-pyrrole nitrogens is 1. The van der Waals surface area contributed by atoms with Gasteiger partial charge in [-0.05, 0) is 16.8 Å². The van der Waals surface area contributed by atoms with Gasteiger partial charge < -0.3 is 4.52 Å². The fraction of sp³-hybridized carbons (Fsp3) is 0. The van der Waals surface area contributed by atoms with E-state index in [2.05, 4.69) is 5.16 Å². The average molecular weight is 185 g/mol. The van der Waals surface area contributed by atoms with Crippen LogP contribution in [0.25, 0.3) is 21.7 Å². The summed E-state index contributed by atoms with van der Waals surface area (Å²) in [5.41, 5.74) is 0.436. The van der Waals surface area contributed by atoms with Crippen LogP contribution in [0.3, 0.4) is 0 Å². The molecule has 1 aromatic heterocycles. The van der Waals surface area contributed by atoms with Gasteiger partial charge in [0.15, 0.2) is 5.58 Å². The van der Waals surface area contributed by atoms with Gasteiger partial charge >= 0.3 is 0 Å². The second-order valence-electron chi connectivity index (χ2n) is 3.19. The summed E-state index contributed by atoms with van der Waals surface area (Å²) < 4.78 is 5.02. The molecule has 0 atom stereocenters. The first-order valence-corrected chi connectivity index (χ1v) is 4.35. The Morgan fingerprint density at radius 3 is 2.86 bits per heavy atom. The maximum absolute atomic E-state index is 11.4. The molecule has 0 aliphatic rings. The number of aromatic nitrogens is 1. The fourth-order valence-electron chi connectivity index (χ4n) is 1.72. The third kappa shape index (κ3) is 0.836. The van der Waals surface area contributed by atoms with Gasteiger partial charge in [-0.2, -0.15) is 5.16 Å². The number of fused-ring (bicyclic) bond motifs is 3. The number of hydrogen-bond acceptors (Lipinski definition) is 2. The van der Waals surface area contributed by atoms with Crippen LogP contribution >= 0.6 is 0 Å².